The van der Waals surface area contributed by atoms with Gasteiger partial charge in [0.25, 0.3) is 0 Å². The van der Waals surface area contributed by atoms with Gasteiger partial charge in [0.2, 0.25) is 15.9 Å². The minimum Gasteiger partial charge on any atom is -0.325 e. The number of benzene rings is 2. The number of nitrogens with one attached hydrogen (secondary N) is 2. The Labute approximate surface area is 171 Å². The molecule has 0 saturated carbocycles. The van der Waals surface area contributed by atoms with E-state index in [9.17, 15) is 13.2 Å². The molecule has 3 rings (SSSR count). The zero-order valence-corrected chi connectivity index (χ0v) is 17.1. The van der Waals surface area contributed by atoms with Gasteiger partial charge < -0.3 is 5.32 Å². The van der Waals surface area contributed by atoms with Gasteiger partial charge in [-0.3, -0.25) is 9.36 Å². The fraction of sp³-hybridized carbons (Fsp3) is 0.118. The van der Waals surface area contributed by atoms with Crippen molar-refractivity contribution in [1.82, 2.24) is 19.5 Å². The van der Waals surface area contributed by atoms with Crippen molar-refractivity contribution in [1.29, 1.82) is 0 Å². The van der Waals surface area contributed by atoms with Crippen molar-refractivity contribution < 1.29 is 13.2 Å². The van der Waals surface area contributed by atoms with Gasteiger partial charge >= 0.3 is 0 Å². The van der Waals surface area contributed by atoms with Crippen molar-refractivity contribution >= 4 is 45.0 Å². The average Bonchev–Trinajstić information content (AvgIpc) is 3.15. The summed E-state index contributed by atoms with van der Waals surface area (Å²) in [7, 11) is -2.26. The molecule has 11 heteroatoms. The fourth-order valence-electron chi connectivity index (χ4n) is 2.31. The lowest BCUT2D eigenvalue weighted by Gasteiger charge is -2.08. The highest BCUT2D eigenvalue weighted by Crippen LogP contribution is 2.22. The molecule has 8 nitrogen and oxygen atoms in total. The number of thioether (sulfide) groups is 1. The first-order chi connectivity index (χ1) is 13.4. The molecule has 3 aromatic rings. The van der Waals surface area contributed by atoms with Crippen LogP contribution in [0.3, 0.4) is 0 Å². The Bertz CT molecular complexity index is 1100. The summed E-state index contributed by atoms with van der Waals surface area (Å²) < 4.78 is 27.7. The van der Waals surface area contributed by atoms with Gasteiger partial charge in [0.15, 0.2) is 5.16 Å². The van der Waals surface area contributed by atoms with Crippen LogP contribution in [-0.2, 0) is 14.8 Å². The summed E-state index contributed by atoms with van der Waals surface area (Å²) in [6.07, 6.45) is 1.54. The Kier molecular flexibility index (Phi) is 6.35. The molecule has 1 aromatic heterocycles. The smallest absolute Gasteiger partial charge is 0.240 e. The number of carbonyl (C=O) groups is 1. The van der Waals surface area contributed by atoms with Crippen molar-refractivity contribution in [3.8, 4) is 5.69 Å². The number of hydrogen-bond donors (Lipinski definition) is 2. The summed E-state index contributed by atoms with van der Waals surface area (Å²) in [6, 6.07) is 13.2. The highest BCUT2D eigenvalue weighted by atomic mass is 35.5. The monoisotopic (exact) mass is 437 g/mol. The molecule has 0 aliphatic rings. The predicted molar refractivity (Wildman–Crippen MR) is 108 cm³/mol. The van der Waals surface area contributed by atoms with Crippen LogP contribution in [0.15, 0.2) is 64.9 Å². The van der Waals surface area contributed by atoms with Crippen LogP contribution in [0.2, 0.25) is 5.02 Å². The second-order valence-electron chi connectivity index (χ2n) is 5.54. The highest BCUT2D eigenvalue weighted by molar-refractivity contribution is 7.99. The van der Waals surface area contributed by atoms with Crippen LogP contribution < -0.4 is 10.0 Å². The standard InChI is InChI=1S/C17H16ClN5O3S2/c1-19-28(25,26)15-7-3-5-13(9-15)21-16(24)10-27-17-22-20-11-23(17)14-6-2-4-12(18)8-14/h2-9,11,19H,10H2,1H3,(H,21,24). The minimum atomic E-state index is -3.58. The van der Waals surface area contributed by atoms with E-state index in [2.05, 4.69) is 20.2 Å². The van der Waals surface area contributed by atoms with E-state index in [0.717, 1.165) is 5.69 Å². The number of amides is 1. The molecule has 0 fully saturated rings. The highest BCUT2D eigenvalue weighted by Gasteiger charge is 2.14. The van der Waals surface area contributed by atoms with Crippen LogP contribution in [-0.4, -0.2) is 41.9 Å². The normalized spacial score (nSPS) is 11.4. The topological polar surface area (TPSA) is 106 Å². The molecule has 0 atom stereocenters. The van der Waals surface area contributed by atoms with Gasteiger partial charge in [-0.1, -0.05) is 35.5 Å². The van der Waals surface area contributed by atoms with E-state index in [0.29, 0.717) is 15.9 Å². The molecular weight excluding hydrogens is 422 g/mol. The summed E-state index contributed by atoms with van der Waals surface area (Å²) in [6.45, 7) is 0. The third-order valence-electron chi connectivity index (χ3n) is 3.63. The fourth-order valence-corrected chi connectivity index (χ4v) is 4.00. The molecule has 0 unspecified atom stereocenters. The molecule has 1 heterocycles. The van der Waals surface area contributed by atoms with Crippen LogP contribution in [0.4, 0.5) is 5.69 Å². The second kappa shape index (κ2) is 8.74. The lowest BCUT2D eigenvalue weighted by Crippen LogP contribution is -2.19. The van der Waals surface area contributed by atoms with E-state index >= 15 is 0 Å². The SMILES string of the molecule is CNS(=O)(=O)c1cccc(NC(=O)CSc2nncn2-c2cccc(Cl)c2)c1. The summed E-state index contributed by atoms with van der Waals surface area (Å²) in [5, 5.41) is 11.7. The van der Waals surface area contributed by atoms with Crippen molar-refractivity contribution in [2.45, 2.75) is 10.1 Å². The molecule has 28 heavy (non-hydrogen) atoms. The lowest BCUT2D eigenvalue weighted by molar-refractivity contribution is -0.113. The van der Waals surface area contributed by atoms with E-state index in [1.165, 1.54) is 37.3 Å². The van der Waals surface area contributed by atoms with Gasteiger partial charge in [0, 0.05) is 10.7 Å². The first kappa shape index (κ1) is 20.3. The zero-order valence-electron chi connectivity index (χ0n) is 14.7. The Morgan fingerprint density at radius 3 is 2.75 bits per heavy atom. The minimum absolute atomic E-state index is 0.0705. The number of aromatic nitrogens is 3. The summed E-state index contributed by atoms with van der Waals surface area (Å²) in [5.74, 6) is -0.230. The number of hydrogen-bond acceptors (Lipinski definition) is 6. The van der Waals surface area contributed by atoms with Crippen LogP contribution in [0.25, 0.3) is 5.69 Å². The van der Waals surface area contributed by atoms with E-state index in [4.69, 9.17) is 11.6 Å². The number of halogens is 1. The van der Waals surface area contributed by atoms with Crippen LogP contribution in [0.1, 0.15) is 0 Å². The molecule has 2 aromatic carbocycles. The molecule has 2 N–H and O–H groups in total. The summed E-state index contributed by atoms with van der Waals surface area (Å²) in [4.78, 5) is 12.3. The number of rotatable bonds is 7. The van der Waals surface area contributed by atoms with Crippen LogP contribution >= 0.6 is 23.4 Å². The molecule has 0 bridgehead atoms. The molecule has 0 saturated heterocycles. The number of carbonyl (C=O) groups excluding carboxylic acids is 1. The second-order valence-corrected chi connectivity index (χ2v) is 8.80. The molecule has 0 spiro atoms. The Morgan fingerprint density at radius 1 is 1.21 bits per heavy atom. The first-order valence-corrected chi connectivity index (χ1v) is 10.9. The van der Waals surface area contributed by atoms with Crippen molar-refractivity contribution in [3.05, 3.63) is 59.9 Å². The van der Waals surface area contributed by atoms with Crippen molar-refractivity contribution in [3.63, 3.8) is 0 Å². The maximum absolute atomic E-state index is 12.3. The predicted octanol–water partition coefficient (Wildman–Crippen LogP) is 2.56. The largest absolute Gasteiger partial charge is 0.325 e. The van der Waals surface area contributed by atoms with Gasteiger partial charge in [-0.25, -0.2) is 13.1 Å². The lowest BCUT2D eigenvalue weighted by atomic mass is 10.3. The van der Waals surface area contributed by atoms with Gasteiger partial charge in [0.1, 0.15) is 6.33 Å². The number of anilines is 1. The van der Waals surface area contributed by atoms with E-state index in [1.807, 2.05) is 12.1 Å². The van der Waals surface area contributed by atoms with Crippen molar-refractivity contribution in [2.24, 2.45) is 0 Å². The Hall–Kier alpha value is -2.40. The third-order valence-corrected chi connectivity index (χ3v) is 6.22. The van der Waals surface area contributed by atoms with Crippen LogP contribution in [0, 0.1) is 0 Å². The zero-order chi connectivity index (χ0) is 20.1. The quantitative estimate of drug-likeness (QED) is 0.550. The molecule has 0 aliphatic heterocycles. The molecule has 0 aliphatic carbocycles. The van der Waals surface area contributed by atoms with E-state index in [1.54, 1.807) is 28.8 Å². The molecule has 0 radical (unpaired) electrons. The summed E-state index contributed by atoms with van der Waals surface area (Å²) >= 11 is 7.21. The average molecular weight is 438 g/mol. The van der Waals surface area contributed by atoms with Gasteiger partial charge in [-0.2, -0.15) is 0 Å². The number of sulfonamides is 1. The Balaban J connectivity index is 1.66. The number of nitrogens with zero attached hydrogens (tertiary/aromatic N) is 3. The molecule has 1 amide bonds. The van der Waals surface area contributed by atoms with Crippen LogP contribution in [0.5, 0.6) is 0 Å². The maximum atomic E-state index is 12.3. The first-order valence-electron chi connectivity index (χ1n) is 8.01. The summed E-state index contributed by atoms with van der Waals surface area (Å²) in [5.41, 5.74) is 1.17. The maximum Gasteiger partial charge on any atom is 0.240 e. The van der Waals surface area contributed by atoms with Gasteiger partial charge in [-0.15, -0.1) is 10.2 Å². The molecule has 146 valence electrons. The van der Waals surface area contributed by atoms with Gasteiger partial charge in [0.05, 0.1) is 16.3 Å². The van der Waals surface area contributed by atoms with Gasteiger partial charge in [-0.05, 0) is 43.4 Å². The Morgan fingerprint density at radius 2 is 2.00 bits per heavy atom. The molecular formula is C17H16ClN5O3S2. The van der Waals surface area contributed by atoms with E-state index in [-0.39, 0.29) is 16.6 Å². The third kappa shape index (κ3) is 4.90. The van der Waals surface area contributed by atoms with E-state index < -0.39 is 10.0 Å². The van der Waals surface area contributed by atoms with Crippen molar-refractivity contribution in [2.75, 3.05) is 18.1 Å².